The van der Waals surface area contributed by atoms with Gasteiger partial charge in [0.15, 0.2) is 81.1 Å². The molecule has 0 rings (SSSR count). The molecule has 0 radical (unpaired) electrons. The summed E-state index contributed by atoms with van der Waals surface area (Å²) < 4.78 is 84.7. The predicted octanol–water partition coefficient (Wildman–Crippen LogP) is -16.5. The SMILES string of the molecule is O.O.[NH3+]CCCC(O)(P(=O)([O-])O)P(=O)([O-])O.[NH3+]CCCC(O)(P(=O)([O-])O)P(=O)([O-])O.[NH3+]CCCC(O)(P(=O)([O-])O)P(=O)([O-])O.[NH3+]CCCC(O)(P(=O)([O-])O)P(=O)([O-])O.[Ni+2].[Ni+2].[OH3+].[OH3+]. The van der Waals surface area contributed by atoms with Crippen molar-refractivity contribution in [3.8, 4) is 0 Å². The van der Waals surface area contributed by atoms with Gasteiger partial charge in [-0.15, -0.1) is 0 Å². The Hall–Kier alpha value is 1.71. The summed E-state index contributed by atoms with van der Waals surface area (Å²) in [6, 6.07) is 0. The second-order valence-electron chi connectivity index (χ2n) is 11.1. The van der Waals surface area contributed by atoms with E-state index in [9.17, 15) is 75.7 Å². The summed E-state index contributed by atoms with van der Waals surface area (Å²) in [6.07, 6.45) is -3.55. The number of hydrogen-bond acceptors (Lipinski definition) is 20. The van der Waals surface area contributed by atoms with Crippen molar-refractivity contribution in [1.29, 1.82) is 0 Å². The smallest absolute Gasteiger partial charge is 0.776 e. The van der Waals surface area contributed by atoms with Gasteiger partial charge in [0.1, 0.15) is 0 Å². The molecule has 0 aromatic heterocycles. The summed E-state index contributed by atoms with van der Waals surface area (Å²) in [5, 5.41) is 22.5. The number of aliphatic hydroxyl groups is 4. The van der Waals surface area contributed by atoms with E-state index in [0.717, 1.165) is 0 Å². The summed E-state index contributed by atoms with van der Waals surface area (Å²) >= 11 is 0. The minimum atomic E-state index is -5.59. The maximum Gasteiger partial charge on any atom is 2.00 e. The van der Waals surface area contributed by atoms with Crippen LogP contribution in [-0.2, 0) is 80.5 Å². The van der Waals surface area contributed by atoms with Crippen molar-refractivity contribution >= 4 is 60.8 Å². The van der Waals surface area contributed by atoms with Gasteiger partial charge < -0.3 is 180 Å². The minimum Gasteiger partial charge on any atom is -0.776 e. The molecule has 0 amide bonds. The van der Waals surface area contributed by atoms with E-state index in [1.165, 1.54) is 0 Å². The summed E-state index contributed by atoms with van der Waals surface area (Å²) in [6.45, 7) is 0.620. The molecule has 0 spiro atoms. The van der Waals surface area contributed by atoms with Crippen LogP contribution in [0.15, 0.2) is 0 Å². The van der Waals surface area contributed by atoms with Crippen molar-refractivity contribution in [2.75, 3.05) is 26.2 Å². The first-order valence-electron chi connectivity index (χ1n) is 14.6. The predicted molar refractivity (Wildman–Crippen MR) is 183 cm³/mol. The average Bonchev–Trinajstić information content (AvgIpc) is 2.96. The molecular formula is C16H58N4Ni2O32P8+2. The quantitative estimate of drug-likeness (QED) is 0.0306. The van der Waals surface area contributed by atoms with Crippen molar-refractivity contribution in [2.45, 2.75) is 71.7 Å². The van der Waals surface area contributed by atoms with Gasteiger partial charge in [-0.3, -0.25) is 0 Å². The Kier molecular flexibility index (Phi) is 45.5. The standard InChI is InChI=1S/4C4H13NO7P2.2Ni.4H2O/c4*5-3-1-2-4(6,13(7,8)9)14(10,11)12;;;;;;/h4*6H,1-3,5H2,(H2,7,8,9)(H2,10,11,12);;;4*1H2/q;;;;2*+2;;;;/p-2. The Labute approximate surface area is 370 Å². The summed E-state index contributed by atoms with van der Waals surface area (Å²) in [5.74, 6) is 0. The monoisotopic (exact) mass is 1180 g/mol. The van der Waals surface area contributed by atoms with Crippen LogP contribution in [0.25, 0.3) is 0 Å². The molecule has 34 N–H and O–H groups in total. The zero-order chi connectivity index (χ0) is 46.5. The van der Waals surface area contributed by atoms with Crippen LogP contribution in [0.1, 0.15) is 51.4 Å². The van der Waals surface area contributed by atoms with Crippen LogP contribution in [-0.4, -0.2) is 117 Å². The molecule has 8 unspecified atom stereocenters. The first-order valence-corrected chi connectivity index (χ1v) is 27.2. The third-order valence-electron chi connectivity index (χ3n) is 6.67. The van der Waals surface area contributed by atoms with E-state index in [0.29, 0.717) is 0 Å². The van der Waals surface area contributed by atoms with E-state index in [1.807, 2.05) is 0 Å². The molecule has 0 fully saturated rings. The van der Waals surface area contributed by atoms with E-state index in [1.54, 1.807) is 0 Å². The average molecular weight is 1180 g/mol. The molecule has 0 heterocycles. The zero-order valence-corrected chi connectivity index (χ0v) is 40.7. The van der Waals surface area contributed by atoms with Crippen molar-refractivity contribution in [3.05, 3.63) is 0 Å². The summed E-state index contributed by atoms with van der Waals surface area (Å²) in [5.41, 5.74) is 13.2. The maximum atomic E-state index is 10.6. The fourth-order valence-electron chi connectivity index (χ4n) is 3.22. The molecule has 0 aliphatic rings. The molecule has 0 aliphatic carbocycles. The molecular weight excluding hydrogens is 1130 g/mol. The normalized spacial score (nSPS) is 22.3. The third-order valence-corrected chi connectivity index (χ3v) is 21.8. The van der Waals surface area contributed by atoms with Gasteiger partial charge in [-0.05, 0) is 25.7 Å². The van der Waals surface area contributed by atoms with Crippen LogP contribution in [0.5, 0.6) is 0 Å². The van der Waals surface area contributed by atoms with Crippen LogP contribution in [0.4, 0.5) is 0 Å². The number of rotatable bonds is 20. The molecule has 0 saturated heterocycles. The van der Waals surface area contributed by atoms with Crippen LogP contribution in [0, 0.1) is 0 Å². The van der Waals surface area contributed by atoms with Crippen molar-refractivity contribution in [2.24, 2.45) is 0 Å². The second kappa shape index (κ2) is 32.5. The fourth-order valence-corrected chi connectivity index (χ4v) is 11.9. The van der Waals surface area contributed by atoms with E-state index in [4.69, 9.17) is 59.6 Å². The van der Waals surface area contributed by atoms with Gasteiger partial charge in [-0.2, -0.15) is 0 Å². The van der Waals surface area contributed by atoms with Crippen LogP contribution in [0.3, 0.4) is 0 Å². The Morgan fingerprint density at radius 2 is 0.403 bits per heavy atom. The molecule has 62 heavy (non-hydrogen) atoms. The van der Waals surface area contributed by atoms with Gasteiger partial charge in [0.25, 0.3) is 0 Å². The van der Waals surface area contributed by atoms with E-state index >= 15 is 0 Å². The van der Waals surface area contributed by atoms with Gasteiger partial charge in [0, 0.05) is 25.7 Å². The van der Waals surface area contributed by atoms with Gasteiger partial charge in [0.2, 0.25) is 0 Å². The van der Waals surface area contributed by atoms with Crippen LogP contribution in [0.2, 0.25) is 0 Å². The zero-order valence-electron chi connectivity index (χ0n) is 31.6. The molecule has 8 atom stereocenters. The molecule has 36 nitrogen and oxygen atoms in total. The summed E-state index contributed by atoms with van der Waals surface area (Å²) in [7, 11) is -44.7. The molecule has 0 aromatic rings. The van der Waals surface area contributed by atoms with E-state index < -0.39 is 107 Å². The van der Waals surface area contributed by atoms with Crippen molar-refractivity contribution < 1.29 is 213 Å². The van der Waals surface area contributed by atoms with Crippen molar-refractivity contribution in [1.82, 2.24) is 0 Å². The first kappa shape index (κ1) is 86.8. The Morgan fingerprint density at radius 1 is 0.323 bits per heavy atom. The maximum absolute atomic E-state index is 10.6. The van der Waals surface area contributed by atoms with Crippen molar-refractivity contribution in [3.63, 3.8) is 0 Å². The second-order valence-corrected chi connectivity index (χ2v) is 26.7. The number of quaternary nitrogens is 4. The molecule has 0 bridgehead atoms. The van der Waals surface area contributed by atoms with E-state index in [-0.39, 0.29) is 107 Å². The van der Waals surface area contributed by atoms with Gasteiger partial charge in [-0.1, -0.05) is 0 Å². The topological polar surface area (TPSA) is 803 Å². The third kappa shape index (κ3) is 25.9. The molecule has 46 heteroatoms. The Bertz CT molecular complexity index is 1280. The Morgan fingerprint density at radius 3 is 0.452 bits per heavy atom. The van der Waals surface area contributed by atoms with Crippen LogP contribution >= 0.6 is 60.8 Å². The first-order chi connectivity index (χ1) is 24.2. The largest absolute Gasteiger partial charge is 2.00 e. The van der Waals surface area contributed by atoms with Gasteiger partial charge in [0.05, 0.1) is 26.2 Å². The Balaban J connectivity index is -0.0000000704. The molecule has 0 aliphatic heterocycles. The summed E-state index contributed by atoms with van der Waals surface area (Å²) in [4.78, 5) is 153. The van der Waals surface area contributed by atoms with Gasteiger partial charge >= 0.3 is 33.0 Å². The molecule has 0 saturated carbocycles. The minimum absolute atomic E-state index is 0. The van der Waals surface area contributed by atoms with Gasteiger partial charge in [-0.25, -0.2) is 0 Å². The molecule has 392 valence electrons. The fraction of sp³-hybridized carbons (Fsp3) is 1.00. The van der Waals surface area contributed by atoms with E-state index in [2.05, 4.69) is 22.9 Å². The van der Waals surface area contributed by atoms with Crippen LogP contribution < -0.4 is 62.1 Å². The molecule has 0 aromatic carbocycles. The number of hydrogen-bond donors (Lipinski definition) is 16.